The Labute approximate surface area is 165 Å². The predicted octanol–water partition coefficient (Wildman–Crippen LogP) is 3.70. The van der Waals surface area contributed by atoms with Crippen LogP contribution in [0.2, 0.25) is 0 Å². The Hall–Kier alpha value is -3.02. The summed E-state index contributed by atoms with van der Waals surface area (Å²) in [6.45, 7) is 8.55. The van der Waals surface area contributed by atoms with Crippen LogP contribution < -0.4 is 19.7 Å². The maximum atomic E-state index is 12.4. The highest BCUT2D eigenvalue weighted by Crippen LogP contribution is 2.35. The minimum Gasteiger partial charge on any atom is -0.483 e. The zero-order valence-corrected chi connectivity index (χ0v) is 16.7. The van der Waals surface area contributed by atoms with E-state index in [9.17, 15) is 9.59 Å². The SMILES string of the molecule is Cc1cccc(C)c1OCC(=O)Nc1ccc2c(c1)N(CC(C)C)C(=O)CO2. The molecule has 0 radical (unpaired) electrons. The minimum absolute atomic E-state index is 0.0367. The summed E-state index contributed by atoms with van der Waals surface area (Å²) in [5.74, 6) is 1.35. The van der Waals surface area contributed by atoms with Crippen molar-refractivity contribution in [1.29, 1.82) is 0 Å². The highest BCUT2D eigenvalue weighted by molar-refractivity contribution is 5.99. The summed E-state index contributed by atoms with van der Waals surface area (Å²) >= 11 is 0. The summed E-state index contributed by atoms with van der Waals surface area (Å²) in [6.07, 6.45) is 0. The summed E-state index contributed by atoms with van der Waals surface area (Å²) in [7, 11) is 0. The molecule has 1 heterocycles. The number of carbonyl (C=O) groups is 2. The van der Waals surface area contributed by atoms with Crippen molar-refractivity contribution in [2.24, 2.45) is 5.92 Å². The number of ether oxygens (including phenoxy) is 2. The number of benzene rings is 2. The van der Waals surface area contributed by atoms with Gasteiger partial charge in [-0.05, 0) is 49.1 Å². The average molecular weight is 382 g/mol. The molecule has 2 aromatic carbocycles. The molecule has 1 aliphatic rings. The van der Waals surface area contributed by atoms with Gasteiger partial charge in [0.25, 0.3) is 11.8 Å². The molecule has 28 heavy (non-hydrogen) atoms. The van der Waals surface area contributed by atoms with E-state index in [0.29, 0.717) is 29.6 Å². The van der Waals surface area contributed by atoms with Crippen LogP contribution in [0.3, 0.4) is 0 Å². The first kappa shape index (κ1) is 19.7. The van der Waals surface area contributed by atoms with Crippen molar-refractivity contribution in [2.45, 2.75) is 27.7 Å². The number of hydrogen-bond acceptors (Lipinski definition) is 4. The number of nitrogens with one attached hydrogen (secondary N) is 1. The van der Waals surface area contributed by atoms with E-state index in [0.717, 1.165) is 16.9 Å². The van der Waals surface area contributed by atoms with Crippen LogP contribution in [0.5, 0.6) is 11.5 Å². The van der Waals surface area contributed by atoms with Gasteiger partial charge in [-0.15, -0.1) is 0 Å². The Morgan fingerprint density at radius 2 is 1.93 bits per heavy atom. The number of anilines is 2. The molecule has 6 heteroatoms. The Bertz CT molecular complexity index is 872. The number of para-hydroxylation sites is 1. The number of aryl methyl sites for hydroxylation is 2. The highest BCUT2D eigenvalue weighted by Gasteiger charge is 2.26. The Balaban J connectivity index is 1.70. The van der Waals surface area contributed by atoms with Gasteiger partial charge in [-0.1, -0.05) is 32.0 Å². The van der Waals surface area contributed by atoms with E-state index in [4.69, 9.17) is 9.47 Å². The van der Waals surface area contributed by atoms with Gasteiger partial charge < -0.3 is 19.7 Å². The second-order valence-electron chi connectivity index (χ2n) is 7.43. The fraction of sp³-hybridized carbons (Fsp3) is 0.364. The molecule has 0 spiro atoms. The molecule has 2 aromatic rings. The van der Waals surface area contributed by atoms with Crippen molar-refractivity contribution in [2.75, 3.05) is 30.0 Å². The van der Waals surface area contributed by atoms with Gasteiger partial charge in [0.2, 0.25) is 0 Å². The second kappa shape index (κ2) is 8.33. The minimum atomic E-state index is -0.263. The van der Waals surface area contributed by atoms with Crippen LogP contribution in [0.1, 0.15) is 25.0 Å². The Morgan fingerprint density at radius 1 is 1.21 bits per heavy atom. The third kappa shape index (κ3) is 4.44. The zero-order chi connectivity index (χ0) is 20.3. The van der Waals surface area contributed by atoms with Gasteiger partial charge in [-0.25, -0.2) is 0 Å². The van der Waals surface area contributed by atoms with Crippen molar-refractivity contribution < 1.29 is 19.1 Å². The summed E-state index contributed by atoms with van der Waals surface area (Å²) in [5, 5.41) is 2.83. The molecule has 148 valence electrons. The monoisotopic (exact) mass is 382 g/mol. The molecule has 6 nitrogen and oxygen atoms in total. The van der Waals surface area contributed by atoms with Crippen LogP contribution in [-0.4, -0.2) is 31.6 Å². The van der Waals surface area contributed by atoms with E-state index in [1.165, 1.54) is 0 Å². The van der Waals surface area contributed by atoms with Crippen LogP contribution >= 0.6 is 0 Å². The molecular weight excluding hydrogens is 356 g/mol. The molecule has 1 aliphatic heterocycles. The maximum absolute atomic E-state index is 12.4. The standard InChI is InChI=1S/C22H26N2O4/c1-14(2)11-24-18-10-17(8-9-19(18)27-13-21(24)26)23-20(25)12-28-22-15(3)6-5-7-16(22)4/h5-10,14H,11-13H2,1-4H3,(H,23,25). The number of amides is 2. The number of fused-ring (bicyclic) bond motifs is 1. The molecule has 0 saturated heterocycles. The molecule has 0 bridgehead atoms. The molecule has 0 atom stereocenters. The smallest absolute Gasteiger partial charge is 0.265 e. The first-order valence-electron chi connectivity index (χ1n) is 9.41. The van der Waals surface area contributed by atoms with E-state index in [-0.39, 0.29) is 25.0 Å². The van der Waals surface area contributed by atoms with Gasteiger partial charge in [0, 0.05) is 12.2 Å². The topological polar surface area (TPSA) is 67.9 Å². The predicted molar refractivity (Wildman–Crippen MR) is 109 cm³/mol. The number of hydrogen-bond donors (Lipinski definition) is 1. The van der Waals surface area contributed by atoms with E-state index in [2.05, 4.69) is 19.2 Å². The van der Waals surface area contributed by atoms with Gasteiger partial charge in [-0.2, -0.15) is 0 Å². The molecule has 1 N–H and O–H groups in total. The first-order valence-corrected chi connectivity index (χ1v) is 9.41. The summed E-state index contributed by atoms with van der Waals surface area (Å²) in [4.78, 5) is 26.3. The molecule has 0 fully saturated rings. The maximum Gasteiger partial charge on any atom is 0.265 e. The van der Waals surface area contributed by atoms with Crippen molar-refractivity contribution in [3.05, 3.63) is 47.5 Å². The average Bonchev–Trinajstić information content (AvgIpc) is 2.63. The molecule has 0 saturated carbocycles. The molecule has 0 unspecified atom stereocenters. The largest absolute Gasteiger partial charge is 0.483 e. The van der Waals surface area contributed by atoms with E-state index < -0.39 is 0 Å². The van der Waals surface area contributed by atoms with E-state index >= 15 is 0 Å². The summed E-state index contributed by atoms with van der Waals surface area (Å²) in [6, 6.07) is 11.2. The molecule has 3 rings (SSSR count). The third-order valence-corrected chi connectivity index (χ3v) is 4.49. The van der Waals surface area contributed by atoms with Crippen molar-refractivity contribution >= 4 is 23.2 Å². The van der Waals surface area contributed by atoms with Crippen LogP contribution in [-0.2, 0) is 9.59 Å². The fourth-order valence-corrected chi connectivity index (χ4v) is 3.21. The lowest BCUT2D eigenvalue weighted by Crippen LogP contribution is -2.41. The molecule has 2 amide bonds. The first-order chi connectivity index (χ1) is 13.3. The Kier molecular flexibility index (Phi) is 5.87. The van der Waals surface area contributed by atoms with Gasteiger partial charge in [0.15, 0.2) is 13.2 Å². The summed E-state index contributed by atoms with van der Waals surface area (Å²) in [5.41, 5.74) is 3.25. The lowest BCUT2D eigenvalue weighted by Gasteiger charge is -2.31. The van der Waals surface area contributed by atoms with E-state index in [1.54, 1.807) is 23.1 Å². The summed E-state index contributed by atoms with van der Waals surface area (Å²) < 4.78 is 11.2. The van der Waals surface area contributed by atoms with Gasteiger partial charge in [0.1, 0.15) is 11.5 Å². The number of carbonyl (C=O) groups excluding carboxylic acids is 2. The normalized spacial score (nSPS) is 13.2. The van der Waals surface area contributed by atoms with Gasteiger partial charge in [0.05, 0.1) is 5.69 Å². The van der Waals surface area contributed by atoms with Gasteiger partial charge in [-0.3, -0.25) is 9.59 Å². The van der Waals surface area contributed by atoms with Crippen molar-refractivity contribution in [3.8, 4) is 11.5 Å². The van der Waals surface area contributed by atoms with Crippen LogP contribution in [0.15, 0.2) is 36.4 Å². The third-order valence-electron chi connectivity index (χ3n) is 4.49. The van der Waals surface area contributed by atoms with Gasteiger partial charge >= 0.3 is 0 Å². The lowest BCUT2D eigenvalue weighted by molar-refractivity contribution is -0.121. The van der Waals surface area contributed by atoms with Crippen LogP contribution in [0, 0.1) is 19.8 Å². The van der Waals surface area contributed by atoms with Crippen LogP contribution in [0.4, 0.5) is 11.4 Å². The Morgan fingerprint density at radius 3 is 2.61 bits per heavy atom. The highest BCUT2D eigenvalue weighted by atomic mass is 16.5. The second-order valence-corrected chi connectivity index (χ2v) is 7.43. The molecule has 0 aliphatic carbocycles. The number of rotatable bonds is 6. The molecular formula is C22H26N2O4. The lowest BCUT2D eigenvalue weighted by atomic mass is 10.1. The molecule has 0 aromatic heterocycles. The quantitative estimate of drug-likeness (QED) is 0.827. The van der Waals surface area contributed by atoms with E-state index in [1.807, 2.05) is 32.0 Å². The van der Waals surface area contributed by atoms with Crippen molar-refractivity contribution in [1.82, 2.24) is 0 Å². The van der Waals surface area contributed by atoms with Crippen LogP contribution in [0.25, 0.3) is 0 Å². The fourth-order valence-electron chi connectivity index (χ4n) is 3.21. The number of nitrogens with zero attached hydrogens (tertiary/aromatic N) is 1. The van der Waals surface area contributed by atoms with Crippen molar-refractivity contribution in [3.63, 3.8) is 0 Å². The zero-order valence-electron chi connectivity index (χ0n) is 16.7.